The maximum Gasteiger partial charge on any atom is 0.411 e. The maximum absolute atomic E-state index is 14.9. The number of anilines is 1. The van der Waals surface area contributed by atoms with E-state index in [1.165, 1.54) is 36.9 Å². The van der Waals surface area contributed by atoms with Crippen LogP contribution in [-0.4, -0.2) is 50.8 Å². The molecule has 194 valence electrons. The van der Waals surface area contributed by atoms with Crippen LogP contribution in [0.2, 0.25) is 0 Å². The van der Waals surface area contributed by atoms with Crippen LogP contribution in [0.25, 0.3) is 31.8 Å². The van der Waals surface area contributed by atoms with Crippen molar-refractivity contribution in [2.75, 3.05) is 19.0 Å². The number of aryl methyl sites for hydroxylation is 2. The van der Waals surface area contributed by atoms with E-state index in [-0.39, 0.29) is 12.4 Å². The average Bonchev–Trinajstić information content (AvgIpc) is 3.30. The number of fused-ring (bicyclic) bond motifs is 2. The van der Waals surface area contributed by atoms with Crippen LogP contribution < -0.4 is 14.8 Å². The lowest BCUT2D eigenvalue weighted by atomic mass is 10.1. The molecule has 0 aliphatic carbocycles. The lowest BCUT2D eigenvalue weighted by Gasteiger charge is -2.15. The van der Waals surface area contributed by atoms with E-state index in [1.54, 1.807) is 26.1 Å². The molecule has 0 saturated carbocycles. The quantitative estimate of drug-likeness (QED) is 0.289. The monoisotopic (exact) mass is 534 g/mol. The van der Waals surface area contributed by atoms with E-state index in [4.69, 9.17) is 14.2 Å². The molecule has 0 bridgehead atoms. The fraction of sp³-hybridized carbons (Fsp3) is 0.231. The summed E-state index contributed by atoms with van der Waals surface area (Å²) < 4.78 is 31.7. The van der Waals surface area contributed by atoms with Crippen LogP contribution in [0, 0.1) is 19.7 Å². The Morgan fingerprint density at radius 1 is 1.05 bits per heavy atom. The van der Waals surface area contributed by atoms with Gasteiger partial charge in [0.25, 0.3) is 0 Å². The number of thiazole rings is 1. The Hall–Kier alpha value is -4.45. The Morgan fingerprint density at radius 2 is 1.84 bits per heavy atom. The van der Waals surface area contributed by atoms with Gasteiger partial charge in [-0.05, 0) is 38.5 Å². The molecule has 3 heterocycles. The van der Waals surface area contributed by atoms with Crippen LogP contribution >= 0.6 is 11.3 Å². The van der Waals surface area contributed by atoms with Gasteiger partial charge in [0.2, 0.25) is 5.88 Å². The molecule has 1 unspecified atom stereocenters. The van der Waals surface area contributed by atoms with Crippen LogP contribution in [-0.2, 0) is 4.74 Å². The first-order chi connectivity index (χ1) is 18.3. The standard InChI is InChI=1S/C26H23FN6O4S/c1-13-5-17(24-20(6-13)32-23(35-4)11-30-24)25-33-19-7-18(27)21(8-22(19)38-25)37-14(2)12-36-26(34)31-16-9-28-15(3)29-10-16/h5-11,14H,12H2,1-4H3,(H,31,34). The molecule has 5 rings (SSSR count). The second kappa shape index (κ2) is 10.5. The molecule has 0 saturated heterocycles. The smallest absolute Gasteiger partial charge is 0.411 e. The lowest BCUT2D eigenvalue weighted by molar-refractivity contribution is 0.0969. The Morgan fingerprint density at radius 3 is 2.61 bits per heavy atom. The summed E-state index contributed by atoms with van der Waals surface area (Å²) in [7, 11) is 1.54. The van der Waals surface area contributed by atoms with Crippen LogP contribution in [0.1, 0.15) is 18.3 Å². The van der Waals surface area contributed by atoms with Crippen LogP contribution in [0.4, 0.5) is 14.9 Å². The van der Waals surface area contributed by atoms with Crippen molar-refractivity contribution in [3.8, 4) is 22.2 Å². The number of nitrogens with one attached hydrogen (secondary N) is 1. The van der Waals surface area contributed by atoms with E-state index < -0.39 is 18.0 Å². The van der Waals surface area contributed by atoms with Crippen molar-refractivity contribution < 1.29 is 23.4 Å². The number of nitrogens with zero attached hydrogens (tertiary/aromatic N) is 5. The molecule has 0 fully saturated rings. The summed E-state index contributed by atoms with van der Waals surface area (Å²) in [5.74, 6) is 0.470. The summed E-state index contributed by atoms with van der Waals surface area (Å²) in [6.07, 6.45) is 3.20. The number of rotatable bonds is 7. The molecule has 1 amide bonds. The Labute approximate surface area is 220 Å². The van der Waals surface area contributed by atoms with E-state index in [0.717, 1.165) is 15.8 Å². The first kappa shape index (κ1) is 25.2. The fourth-order valence-electron chi connectivity index (χ4n) is 3.70. The third-order valence-electron chi connectivity index (χ3n) is 5.46. The molecular formula is C26H23FN6O4S. The molecule has 0 aliphatic heterocycles. The number of aromatic nitrogens is 5. The minimum Gasteiger partial charge on any atom is -0.484 e. The third kappa shape index (κ3) is 5.44. The molecule has 5 aromatic rings. The number of carbonyl (C=O) groups is 1. The van der Waals surface area contributed by atoms with Crippen LogP contribution in [0.15, 0.2) is 42.9 Å². The summed E-state index contributed by atoms with van der Waals surface area (Å²) in [6, 6.07) is 6.82. The van der Waals surface area contributed by atoms with Crippen molar-refractivity contribution in [2.45, 2.75) is 26.9 Å². The first-order valence-corrected chi connectivity index (χ1v) is 12.4. The molecule has 12 heteroatoms. The maximum atomic E-state index is 14.9. The summed E-state index contributed by atoms with van der Waals surface area (Å²) in [4.78, 5) is 33.7. The predicted octanol–water partition coefficient (Wildman–Crippen LogP) is 5.48. The van der Waals surface area contributed by atoms with Crippen molar-refractivity contribution in [3.63, 3.8) is 0 Å². The minimum atomic E-state index is -0.693. The molecule has 3 aromatic heterocycles. The van der Waals surface area contributed by atoms with Crippen LogP contribution in [0.5, 0.6) is 11.6 Å². The molecule has 10 nitrogen and oxygen atoms in total. The Balaban J connectivity index is 1.32. The molecule has 1 N–H and O–H groups in total. The predicted molar refractivity (Wildman–Crippen MR) is 141 cm³/mol. The minimum absolute atomic E-state index is 0.0368. The van der Waals surface area contributed by atoms with E-state index in [0.29, 0.717) is 38.9 Å². The number of amides is 1. The zero-order chi connectivity index (χ0) is 26.8. The van der Waals surface area contributed by atoms with Crippen molar-refractivity contribution in [1.29, 1.82) is 0 Å². The SMILES string of the molecule is COc1cnc2c(-c3nc4cc(F)c(OC(C)COC(=O)Nc5cnc(C)nc5)cc4s3)cc(C)cc2n1. The number of ether oxygens (including phenoxy) is 3. The number of carbonyl (C=O) groups excluding carboxylic acids is 1. The highest BCUT2D eigenvalue weighted by atomic mass is 32.1. The number of halogens is 1. The van der Waals surface area contributed by atoms with Crippen molar-refractivity contribution >= 4 is 44.4 Å². The van der Waals surface area contributed by atoms with Crippen molar-refractivity contribution in [3.05, 3.63) is 60.1 Å². The zero-order valence-electron chi connectivity index (χ0n) is 21.0. The van der Waals surface area contributed by atoms with Gasteiger partial charge < -0.3 is 14.2 Å². The Bertz CT molecular complexity index is 1640. The normalized spacial score (nSPS) is 11.9. The average molecular weight is 535 g/mol. The molecular weight excluding hydrogens is 511 g/mol. The first-order valence-electron chi connectivity index (χ1n) is 11.6. The van der Waals surface area contributed by atoms with Gasteiger partial charge >= 0.3 is 6.09 Å². The van der Waals surface area contributed by atoms with E-state index in [9.17, 15) is 9.18 Å². The highest BCUT2D eigenvalue weighted by molar-refractivity contribution is 7.21. The lowest BCUT2D eigenvalue weighted by Crippen LogP contribution is -2.24. The topological polar surface area (TPSA) is 121 Å². The van der Waals surface area contributed by atoms with Gasteiger partial charge in [0.1, 0.15) is 23.5 Å². The van der Waals surface area contributed by atoms with Gasteiger partial charge in [0, 0.05) is 17.7 Å². The van der Waals surface area contributed by atoms with Gasteiger partial charge in [0.05, 0.1) is 52.6 Å². The molecule has 0 radical (unpaired) electrons. The van der Waals surface area contributed by atoms with Crippen LogP contribution in [0.3, 0.4) is 0 Å². The van der Waals surface area contributed by atoms with Gasteiger partial charge in [-0.2, -0.15) is 0 Å². The summed E-state index contributed by atoms with van der Waals surface area (Å²) in [5.41, 5.74) is 4.03. The number of hydrogen-bond acceptors (Lipinski definition) is 10. The van der Waals surface area contributed by atoms with Gasteiger partial charge in [-0.1, -0.05) is 0 Å². The van der Waals surface area contributed by atoms with E-state index in [1.807, 2.05) is 19.1 Å². The largest absolute Gasteiger partial charge is 0.484 e. The Kier molecular flexibility index (Phi) is 6.97. The van der Waals surface area contributed by atoms with Crippen molar-refractivity contribution in [2.24, 2.45) is 0 Å². The summed E-state index contributed by atoms with van der Waals surface area (Å²) >= 11 is 1.39. The molecule has 1 atom stereocenters. The second-order valence-electron chi connectivity index (χ2n) is 8.53. The summed E-state index contributed by atoms with van der Waals surface area (Å²) in [6.45, 7) is 5.28. The second-order valence-corrected chi connectivity index (χ2v) is 9.56. The van der Waals surface area contributed by atoms with E-state index in [2.05, 4.69) is 30.2 Å². The van der Waals surface area contributed by atoms with E-state index >= 15 is 0 Å². The zero-order valence-corrected chi connectivity index (χ0v) is 21.8. The highest BCUT2D eigenvalue weighted by Gasteiger charge is 2.17. The van der Waals surface area contributed by atoms with Crippen molar-refractivity contribution in [1.82, 2.24) is 24.9 Å². The van der Waals surface area contributed by atoms with Gasteiger partial charge in [0.15, 0.2) is 11.6 Å². The molecule has 0 spiro atoms. The molecule has 0 aliphatic rings. The van der Waals surface area contributed by atoms with Gasteiger partial charge in [-0.15, -0.1) is 11.3 Å². The summed E-state index contributed by atoms with van der Waals surface area (Å²) in [5, 5.41) is 3.20. The fourth-order valence-corrected chi connectivity index (χ4v) is 4.69. The van der Waals surface area contributed by atoms with Gasteiger partial charge in [-0.3, -0.25) is 5.32 Å². The molecule has 2 aromatic carbocycles. The number of benzene rings is 2. The molecule has 38 heavy (non-hydrogen) atoms. The number of hydrogen-bond donors (Lipinski definition) is 1. The third-order valence-corrected chi connectivity index (χ3v) is 6.51. The highest BCUT2D eigenvalue weighted by Crippen LogP contribution is 2.37. The number of methoxy groups -OCH3 is 1. The van der Waals surface area contributed by atoms with Gasteiger partial charge in [-0.25, -0.2) is 34.1 Å².